The average Bonchev–Trinajstić information content (AvgIpc) is 2.73. The molecular weight excluding hydrogens is 302 g/mol. The summed E-state index contributed by atoms with van der Waals surface area (Å²) in [5.74, 6) is 0.908. The Balaban J connectivity index is 1.95. The van der Waals surface area contributed by atoms with Gasteiger partial charge in [-0.2, -0.15) is 0 Å². The van der Waals surface area contributed by atoms with E-state index in [2.05, 4.69) is 28.2 Å². The first-order valence-corrected chi connectivity index (χ1v) is 6.54. The van der Waals surface area contributed by atoms with Crippen LogP contribution >= 0.6 is 27.5 Å². The third kappa shape index (κ3) is 3.35. The zero-order chi connectivity index (χ0) is 12.3. The fraction of sp³-hybridized carbons (Fsp3) is 0.231. The minimum Gasteiger partial charge on any atom is -0.467 e. The summed E-state index contributed by atoms with van der Waals surface area (Å²) in [7, 11) is 0. The first-order chi connectivity index (χ1) is 8.16. The molecule has 0 unspecified atom stereocenters. The molecule has 0 aliphatic carbocycles. The van der Waals surface area contributed by atoms with Crippen LogP contribution < -0.4 is 5.32 Å². The van der Waals surface area contributed by atoms with Crippen LogP contribution in [0.3, 0.4) is 0 Å². The summed E-state index contributed by atoms with van der Waals surface area (Å²) in [5, 5.41) is 4.15. The van der Waals surface area contributed by atoms with Crippen molar-refractivity contribution in [3.8, 4) is 0 Å². The Hall–Kier alpha value is -0.770. The van der Waals surface area contributed by atoms with Gasteiger partial charge in [-0.25, -0.2) is 0 Å². The van der Waals surface area contributed by atoms with E-state index in [1.54, 1.807) is 6.26 Å². The fourth-order valence-electron chi connectivity index (χ4n) is 1.57. The van der Waals surface area contributed by atoms with Gasteiger partial charge in [-0.1, -0.05) is 23.7 Å². The minimum atomic E-state index is 0.254. The van der Waals surface area contributed by atoms with Gasteiger partial charge >= 0.3 is 0 Å². The summed E-state index contributed by atoms with van der Waals surface area (Å²) < 4.78 is 6.33. The Morgan fingerprint density at radius 2 is 2.00 bits per heavy atom. The molecule has 0 aliphatic rings. The number of hydrogen-bond donors (Lipinski definition) is 1. The molecule has 1 N–H and O–H groups in total. The van der Waals surface area contributed by atoms with Crippen molar-refractivity contribution in [2.75, 3.05) is 0 Å². The second-order valence-corrected chi connectivity index (χ2v) is 5.14. The van der Waals surface area contributed by atoms with Gasteiger partial charge < -0.3 is 9.73 Å². The Kier molecular flexibility index (Phi) is 4.26. The molecule has 2 nitrogen and oxygen atoms in total. The third-order valence-corrected chi connectivity index (χ3v) is 3.59. The molecule has 0 amide bonds. The molecule has 1 aromatic heterocycles. The Morgan fingerprint density at radius 1 is 1.29 bits per heavy atom. The summed E-state index contributed by atoms with van der Waals surface area (Å²) in [6, 6.07) is 10.00. The van der Waals surface area contributed by atoms with Crippen LogP contribution in [-0.4, -0.2) is 0 Å². The summed E-state index contributed by atoms with van der Waals surface area (Å²) in [4.78, 5) is 0. The van der Waals surface area contributed by atoms with Gasteiger partial charge in [-0.15, -0.1) is 0 Å². The van der Waals surface area contributed by atoms with E-state index < -0.39 is 0 Å². The van der Waals surface area contributed by atoms with Gasteiger partial charge in [0.05, 0.1) is 17.3 Å². The largest absolute Gasteiger partial charge is 0.467 e. The van der Waals surface area contributed by atoms with Crippen molar-refractivity contribution >= 4 is 27.5 Å². The molecule has 90 valence electrons. The van der Waals surface area contributed by atoms with E-state index in [1.165, 1.54) is 5.56 Å². The van der Waals surface area contributed by atoms with Crippen molar-refractivity contribution in [2.45, 2.75) is 19.5 Å². The Bertz CT molecular complexity index is 480. The van der Waals surface area contributed by atoms with E-state index in [1.807, 2.05) is 30.3 Å². The van der Waals surface area contributed by atoms with Gasteiger partial charge in [0.15, 0.2) is 0 Å². The lowest BCUT2D eigenvalue weighted by atomic mass is 10.1. The molecule has 4 heteroatoms. The molecular formula is C13H13BrClNO. The smallest absolute Gasteiger partial charge is 0.131 e. The lowest BCUT2D eigenvalue weighted by molar-refractivity contribution is 0.458. The highest BCUT2D eigenvalue weighted by Crippen LogP contribution is 2.20. The fourth-order valence-corrected chi connectivity index (χ4v) is 2.03. The monoisotopic (exact) mass is 313 g/mol. The molecule has 2 aromatic rings. The molecule has 0 spiro atoms. The minimum absolute atomic E-state index is 0.254. The third-order valence-electron chi connectivity index (χ3n) is 2.63. The van der Waals surface area contributed by atoms with Gasteiger partial charge in [0.1, 0.15) is 5.76 Å². The predicted octanol–water partition coefficient (Wildman–Crippen LogP) is 4.55. The molecule has 0 aliphatic heterocycles. The maximum absolute atomic E-state index is 5.85. The zero-order valence-corrected chi connectivity index (χ0v) is 11.8. The van der Waals surface area contributed by atoms with Crippen molar-refractivity contribution < 1.29 is 4.42 Å². The molecule has 1 aromatic carbocycles. The zero-order valence-electron chi connectivity index (χ0n) is 9.41. The second kappa shape index (κ2) is 5.71. The molecule has 0 saturated heterocycles. The molecule has 0 saturated carbocycles. The Morgan fingerprint density at radius 3 is 2.59 bits per heavy atom. The SMILES string of the molecule is C[C@H](NCc1occc1Br)c1ccc(Cl)cc1. The van der Waals surface area contributed by atoms with Crippen molar-refractivity contribution in [3.63, 3.8) is 0 Å². The molecule has 0 bridgehead atoms. The second-order valence-electron chi connectivity index (χ2n) is 3.85. The maximum Gasteiger partial charge on any atom is 0.131 e. The topological polar surface area (TPSA) is 25.2 Å². The highest BCUT2D eigenvalue weighted by Gasteiger charge is 2.07. The lowest BCUT2D eigenvalue weighted by Crippen LogP contribution is -2.17. The normalized spacial score (nSPS) is 12.6. The van der Waals surface area contributed by atoms with Crippen LogP contribution in [0.2, 0.25) is 5.02 Å². The van der Waals surface area contributed by atoms with Gasteiger partial charge in [0.2, 0.25) is 0 Å². The predicted molar refractivity (Wildman–Crippen MR) is 73.1 cm³/mol. The van der Waals surface area contributed by atoms with Gasteiger partial charge in [0, 0.05) is 11.1 Å². The van der Waals surface area contributed by atoms with E-state index in [4.69, 9.17) is 16.0 Å². The quantitative estimate of drug-likeness (QED) is 0.896. The van der Waals surface area contributed by atoms with Crippen molar-refractivity contribution in [1.29, 1.82) is 0 Å². The van der Waals surface area contributed by atoms with Crippen LogP contribution in [0.4, 0.5) is 0 Å². The van der Waals surface area contributed by atoms with E-state index in [-0.39, 0.29) is 6.04 Å². The van der Waals surface area contributed by atoms with E-state index in [9.17, 15) is 0 Å². The van der Waals surface area contributed by atoms with Crippen LogP contribution in [-0.2, 0) is 6.54 Å². The number of nitrogens with one attached hydrogen (secondary N) is 1. The summed E-state index contributed by atoms with van der Waals surface area (Å²) in [6.07, 6.45) is 1.67. The van der Waals surface area contributed by atoms with Crippen LogP contribution in [0.15, 0.2) is 45.5 Å². The summed E-state index contributed by atoms with van der Waals surface area (Å²) in [6.45, 7) is 2.80. The highest BCUT2D eigenvalue weighted by atomic mass is 79.9. The Labute approximate surface area is 114 Å². The average molecular weight is 315 g/mol. The van der Waals surface area contributed by atoms with Crippen LogP contribution in [0.25, 0.3) is 0 Å². The van der Waals surface area contributed by atoms with Crippen molar-refractivity contribution in [3.05, 3.63) is 57.4 Å². The van der Waals surface area contributed by atoms with Gasteiger partial charge in [-0.05, 0) is 46.6 Å². The van der Waals surface area contributed by atoms with Crippen LogP contribution in [0, 0.1) is 0 Å². The maximum atomic E-state index is 5.85. The number of halogens is 2. The van der Waals surface area contributed by atoms with Gasteiger partial charge in [-0.3, -0.25) is 0 Å². The van der Waals surface area contributed by atoms with Crippen molar-refractivity contribution in [1.82, 2.24) is 5.32 Å². The first kappa shape index (κ1) is 12.7. The van der Waals surface area contributed by atoms with E-state index in [0.29, 0.717) is 6.54 Å². The number of furan rings is 1. The molecule has 1 atom stereocenters. The van der Waals surface area contributed by atoms with Crippen LogP contribution in [0.5, 0.6) is 0 Å². The van der Waals surface area contributed by atoms with Crippen molar-refractivity contribution in [2.24, 2.45) is 0 Å². The molecule has 0 radical (unpaired) electrons. The lowest BCUT2D eigenvalue weighted by Gasteiger charge is -2.13. The molecule has 2 rings (SSSR count). The molecule has 17 heavy (non-hydrogen) atoms. The summed E-state index contributed by atoms with van der Waals surface area (Å²) >= 11 is 9.28. The number of hydrogen-bond acceptors (Lipinski definition) is 2. The van der Waals surface area contributed by atoms with E-state index in [0.717, 1.165) is 15.3 Å². The summed E-state index contributed by atoms with van der Waals surface area (Å²) in [5.41, 5.74) is 1.21. The van der Waals surface area contributed by atoms with Crippen LogP contribution in [0.1, 0.15) is 24.3 Å². The van der Waals surface area contributed by atoms with E-state index >= 15 is 0 Å². The standard InChI is InChI=1S/C13H13BrClNO/c1-9(10-2-4-11(15)5-3-10)16-8-13-12(14)6-7-17-13/h2-7,9,16H,8H2,1H3/t9-/m0/s1. The van der Waals surface area contributed by atoms with Gasteiger partial charge in [0.25, 0.3) is 0 Å². The number of benzene rings is 1. The molecule has 0 fully saturated rings. The highest BCUT2D eigenvalue weighted by molar-refractivity contribution is 9.10. The molecule has 1 heterocycles. The first-order valence-electron chi connectivity index (χ1n) is 5.37. The number of rotatable bonds is 4.